The second-order valence-corrected chi connectivity index (χ2v) is 7.20. The summed E-state index contributed by atoms with van der Waals surface area (Å²) in [4.78, 5) is 0. The molecule has 3 aromatic rings. The first kappa shape index (κ1) is 19.2. The van der Waals surface area contributed by atoms with Gasteiger partial charge in [-0.05, 0) is 51.0 Å². The molecule has 1 aromatic carbocycles. The fourth-order valence-corrected chi connectivity index (χ4v) is 3.31. The van der Waals surface area contributed by atoms with E-state index < -0.39 is 0 Å². The number of hydrogen-bond donors (Lipinski definition) is 2. The number of rotatable bonds is 8. The van der Waals surface area contributed by atoms with Crippen molar-refractivity contribution in [2.24, 2.45) is 0 Å². The fraction of sp³-hybridized carbons (Fsp3) is 0.429. The van der Waals surface area contributed by atoms with E-state index in [9.17, 15) is 0 Å². The number of benzene rings is 1. The molecule has 6 nitrogen and oxygen atoms in total. The summed E-state index contributed by atoms with van der Waals surface area (Å²) in [6.45, 7) is 9.95. The molecule has 2 aromatic heterocycles. The standard InChI is InChI=1S/C21H29N5O/c1-14-8-9-26(25-14)13-15(2)22-12-18-6-7-21(27-5)19(10-18)11-20-16(3)23-24-17(20)4/h6-10,15,22H,11-13H2,1-5H3,(H,23,24). The van der Waals surface area contributed by atoms with Crippen molar-refractivity contribution in [3.63, 3.8) is 0 Å². The number of ether oxygens (including phenoxy) is 1. The summed E-state index contributed by atoms with van der Waals surface area (Å²) in [6, 6.07) is 8.76. The first-order valence-corrected chi connectivity index (χ1v) is 9.36. The van der Waals surface area contributed by atoms with Gasteiger partial charge in [0.25, 0.3) is 0 Å². The van der Waals surface area contributed by atoms with Crippen LogP contribution in [0.3, 0.4) is 0 Å². The van der Waals surface area contributed by atoms with Crippen LogP contribution in [0, 0.1) is 20.8 Å². The lowest BCUT2D eigenvalue weighted by atomic mass is 10.0. The Labute approximate surface area is 160 Å². The minimum absolute atomic E-state index is 0.327. The predicted octanol–water partition coefficient (Wildman–Crippen LogP) is 3.31. The van der Waals surface area contributed by atoms with Crippen molar-refractivity contribution in [1.29, 1.82) is 0 Å². The van der Waals surface area contributed by atoms with Crippen LogP contribution in [0.1, 0.15) is 40.7 Å². The Kier molecular flexibility index (Phi) is 5.96. The van der Waals surface area contributed by atoms with Crippen LogP contribution in [-0.4, -0.2) is 33.1 Å². The number of nitrogens with one attached hydrogen (secondary N) is 2. The molecule has 1 atom stereocenters. The molecule has 2 heterocycles. The van der Waals surface area contributed by atoms with Gasteiger partial charge in [0.15, 0.2) is 0 Å². The second-order valence-electron chi connectivity index (χ2n) is 7.20. The molecule has 0 aliphatic rings. The van der Waals surface area contributed by atoms with Crippen molar-refractivity contribution in [1.82, 2.24) is 25.3 Å². The Bertz CT molecular complexity index is 876. The molecule has 0 aliphatic heterocycles. The third-order valence-electron chi connectivity index (χ3n) is 4.88. The molecular formula is C21H29N5O. The summed E-state index contributed by atoms with van der Waals surface area (Å²) < 4.78 is 7.56. The number of aryl methyl sites for hydroxylation is 3. The summed E-state index contributed by atoms with van der Waals surface area (Å²) in [5.74, 6) is 0.916. The Morgan fingerprint density at radius 3 is 2.67 bits per heavy atom. The Balaban J connectivity index is 1.67. The predicted molar refractivity (Wildman–Crippen MR) is 107 cm³/mol. The molecule has 2 N–H and O–H groups in total. The minimum Gasteiger partial charge on any atom is -0.496 e. The van der Waals surface area contributed by atoms with Crippen LogP contribution in [-0.2, 0) is 19.5 Å². The van der Waals surface area contributed by atoms with Crippen molar-refractivity contribution in [2.45, 2.75) is 53.2 Å². The SMILES string of the molecule is COc1ccc(CNC(C)Cn2ccc(C)n2)cc1Cc1c(C)n[nH]c1C. The van der Waals surface area contributed by atoms with Crippen molar-refractivity contribution in [2.75, 3.05) is 7.11 Å². The molecule has 6 heteroatoms. The van der Waals surface area contributed by atoms with Gasteiger partial charge in [0.2, 0.25) is 0 Å². The molecule has 1 unspecified atom stereocenters. The molecule has 0 saturated carbocycles. The van der Waals surface area contributed by atoms with Gasteiger partial charge in [-0.15, -0.1) is 0 Å². The van der Waals surface area contributed by atoms with E-state index in [1.807, 2.05) is 30.8 Å². The monoisotopic (exact) mass is 367 g/mol. The normalized spacial score (nSPS) is 12.3. The van der Waals surface area contributed by atoms with Crippen molar-refractivity contribution in [3.8, 4) is 5.75 Å². The average molecular weight is 367 g/mol. The molecule has 0 amide bonds. The highest BCUT2D eigenvalue weighted by atomic mass is 16.5. The van der Waals surface area contributed by atoms with E-state index >= 15 is 0 Å². The van der Waals surface area contributed by atoms with Crippen LogP contribution in [0.25, 0.3) is 0 Å². The number of methoxy groups -OCH3 is 1. The molecular weight excluding hydrogens is 338 g/mol. The van der Waals surface area contributed by atoms with Gasteiger partial charge in [0, 0.05) is 36.5 Å². The van der Waals surface area contributed by atoms with Crippen LogP contribution >= 0.6 is 0 Å². The second kappa shape index (κ2) is 8.39. The van der Waals surface area contributed by atoms with E-state index in [1.54, 1.807) is 7.11 Å². The molecule has 144 valence electrons. The molecule has 3 rings (SSSR count). The molecule has 0 spiro atoms. The summed E-state index contributed by atoms with van der Waals surface area (Å²) in [6.07, 6.45) is 2.84. The maximum atomic E-state index is 5.57. The van der Waals surface area contributed by atoms with Crippen LogP contribution in [0.5, 0.6) is 5.75 Å². The largest absolute Gasteiger partial charge is 0.496 e. The van der Waals surface area contributed by atoms with E-state index in [0.29, 0.717) is 6.04 Å². The van der Waals surface area contributed by atoms with Crippen LogP contribution < -0.4 is 10.1 Å². The molecule has 0 saturated heterocycles. The van der Waals surface area contributed by atoms with E-state index in [-0.39, 0.29) is 0 Å². The highest BCUT2D eigenvalue weighted by Gasteiger charge is 2.12. The maximum absolute atomic E-state index is 5.57. The Hall–Kier alpha value is -2.60. The topological polar surface area (TPSA) is 67.8 Å². The van der Waals surface area contributed by atoms with Gasteiger partial charge in [-0.2, -0.15) is 10.2 Å². The third kappa shape index (κ3) is 4.77. The van der Waals surface area contributed by atoms with Crippen molar-refractivity contribution < 1.29 is 4.74 Å². The number of hydrogen-bond acceptors (Lipinski definition) is 4. The minimum atomic E-state index is 0.327. The zero-order valence-corrected chi connectivity index (χ0v) is 16.8. The van der Waals surface area contributed by atoms with E-state index in [0.717, 1.165) is 42.3 Å². The highest BCUT2D eigenvalue weighted by molar-refractivity contribution is 5.42. The number of aromatic amines is 1. The lowest BCUT2D eigenvalue weighted by Crippen LogP contribution is -2.30. The number of aromatic nitrogens is 4. The van der Waals surface area contributed by atoms with Gasteiger partial charge in [-0.1, -0.05) is 12.1 Å². The van der Waals surface area contributed by atoms with E-state index in [4.69, 9.17) is 4.74 Å². The van der Waals surface area contributed by atoms with E-state index in [2.05, 4.69) is 52.7 Å². The summed E-state index contributed by atoms with van der Waals surface area (Å²) >= 11 is 0. The van der Waals surface area contributed by atoms with Crippen molar-refractivity contribution >= 4 is 0 Å². The van der Waals surface area contributed by atoms with Crippen molar-refractivity contribution in [3.05, 3.63) is 64.2 Å². The van der Waals surface area contributed by atoms with Gasteiger partial charge in [0.05, 0.1) is 25.0 Å². The van der Waals surface area contributed by atoms with Gasteiger partial charge in [-0.25, -0.2) is 0 Å². The van der Waals surface area contributed by atoms with Crippen LogP contribution in [0.2, 0.25) is 0 Å². The van der Waals surface area contributed by atoms with Crippen LogP contribution in [0.15, 0.2) is 30.5 Å². The zero-order valence-electron chi connectivity index (χ0n) is 16.8. The van der Waals surface area contributed by atoms with Gasteiger partial charge >= 0.3 is 0 Å². The molecule has 0 bridgehead atoms. The number of H-pyrrole nitrogens is 1. The zero-order chi connectivity index (χ0) is 19.4. The smallest absolute Gasteiger partial charge is 0.122 e. The quantitative estimate of drug-likeness (QED) is 0.641. The maximum Gasteiger partial charge on any atom is 0.122 e. The molecule has 0 aliphatic carbocycles. The molecule has 0 fully saturated rings. The van der Waals surface area contributed by atoms with Crippen LogP contribution in [0.4, 0.5) is 0 Å². The Morgan fingerprint density at radius 1 is 1.22 bits per heavy atom. The molecule has 0 radical (unpaired) electrons. The van der Waals surface area contributed by atoms with Gasteiger partial charge < -0.3 is 10.1 Å². The molecule has 27 heavy (non-hydrogen) atoms. The van der Waals surface area contributed by atoms with Gasteiger partial charge in [0.1, 0.15) is 5.75 Å². The highest BCUT2D eigenvalue weighted by Crippen LogP contribution is 2.25. The first-order valence-electron chi connectivity index (χ1n) is 9.36. The Morgan fingerprint density at radius 2 is 2.04 bits per heavy atom. The summed E-state index contributed by atoms with van der Waals surface area (Å²) in [7, 11) is 1.72. The average Bonchev–Trinajstić information content (AvgIpc) is 3.20. The number of nitrogens with zero attached hydrogens (tertiary/aromatic N) is 3. The van der Waals surface area contributed by atoms with Gasteiger partial charge in [-0.3, -0.25) is 9.78 Å². The fourth-order valence-electron chi connectivity index (χ4n) is 3.31. The third-order valence-corrected chi connectivity index (χ3v) is 4.88. The lowest BCUT2D eigenvalue weighted by Gasteiger charge is -2.16. The van der Waals surface area contributed by atoms with E-state index in [1.165, 1.54) is 16.7 Å². The summed E-state index contributed by atoms with van der Waals surface area (Å²) in [5.41, 5.74) is 6.86. The summed E-state index contributed by atoms with van der Waals surface area (Å²) in [5, 5.41) is 15.4. The first-order chi connectivity index (χ1) is 13.0. The lowest BCUT2D eigenvalue weighted by molar-refractivity contribution is 0.410.